The fourth-order valence-electron chi connectivity index (χ4n) is 4.19. The highest BCUT2D eigenvalue weighted by Crippen LogP contribution is 2.25. The Morgan fingerprint density at radius 2 is 1.87 bits per heavy atom. The SMILES string of the molecule is [2H]C([2H])([2H])N(CCc1c(NC(=O)CC(C)(C)CNC(=O)c2cc(Cl)ccc2OCC)c(=O)n(-c2ccccc2)n1C)C([2H])([2H])[2H]. The van der Waals surface area contributed by atoms with Gasteiger partial charge in [-0.1, -0.05) is 43.6 Å². The van der Waals surface area contributed by atoms with Crippen molar-refractivity contribution in [2.45, 2.75) is 33.6 Å². The van der Waals surface area contributed by atoms with Crippen LogP contribution in [0.25, 0.3) is 5.69 Å². The molecule has 0 fully saturated rings. The molecule has 0 aliphatic rings. The molecule has 0 aliphatic carbocycles. The van der Waals surface area contributed by atoms with Crippen LogP contribution in [0.3, 0.4) is 0 Å². The van der Waals surface area contributed by atoms with E-state index < -0.39 is 43.3 Å². The minimum atomic E-state index is -2.92. The number of nitrogens with zero attached hydrogens (tertiary/aromatic N) is 3. The topological polar surface area (TPSA) is 97.6 Å². The van der Waals surface area contributed by atoms with Crippen molar-refractivity contribution in [1.82, 2.24) is 19.6 Å². The number of anilines is 1. The Hall–Kier alpha value is -3.56. The maximum atomic E-state index is 13.6. The molecule has 2 aromatic carbocycles. The minimum Gasteiger partial charge on any atom is -0.493 e. The molecule has 9 nitrogen and oxygen atoms in total. The van der Waals surface area contributed by atoms with Gasteiger partial charge in [-0.15, -0.1) is 0 Å². The van der Waals surface area contributed by atoms with Gasteiger partial charge < -0.3 is 20.3 Å². The van der Waals surface area contributed by atoms with Gasteiger partial charge in [0.2, 0.25) is 5.91 Å². The van der Waals surface area contributed by atoms with E-state index in [0.29, 0.717) is 28.0 Å². The van der Waals surface area contributed by atoms with Crippen LogP contribution in [-0.2, 0) is 18.3 Å². The summed E-state index contributed by atoms with van der Waals surface area (Å²) >= 11 is 6.08. The highest BCUT2D eigenvalue weighted by molar-refractivity contribution is 6.31. The van der Waals surface area contributed by atoms with Crippen LogP contribution in [-0.4, -0.2) is 59.7 Å². The molecular formula is C29H38ClN5O4. The van der Waals surface area contributed by atoms with Gasteiger partial charge in [0.15, 0.2) is 0 Å². The minimum absolute atomic E-state index is 0.0949. The van der Waals surface area contributed by atoms with E-state index in [-0.39, 0.29) is 36.3 Å². The molecule has 39 heavy (non-hydrogen) atoms. The van der Waals surface area contributed by atoms with Crippen molar-refractivity contribution in [1.29, 1.82) is 0 Å². The molecule has 0 saturated heterocycles. The Balaban J connectivity index is 1.85. The van der Waals surface area contributed by atoms with Crippen LogP contribution >= 0.6 is 11.6 Å². The number of hydrogen-bond acceptors (Lipinski definition) is 5. The van der Waals surface area contributed by atoms with Crippen LogP contribution in [0.2, 0.25) is 5.02 Å². The summed E-state index contributed by atoms with van der Waals surface area (Å²) in [4.78, 5) is 40.4. The zero-order chi connectivity index (χ0) is 33.7. The monoisotopic (exact) mass is 561 g/mol. The first-order chi connectivity index (χ1) is 20.9. The van der Waals surface area contributed by atoms with E-state index in [4.69, 9.17) is 24.6 Å². The largest absolute Gasteiger partial charge is 0.493 e. The Morgan fingerprint density at radius 1 is 1.15 bits per heavy atom. The molecule has 0 aliphatic heterocycles. The standard InChI is InChI=1S/C29H38ClN5O4/c1-7-39-24-14-13-20(30)17-22(24)27(37)31-19-29(2,3)18-25(36)32-26-23(15-16-33(4)5)34(6)35(28(26)38)21-11-9-8-10-12-21/h8-14,17H,7,15-16,18-19H2,1-6H3,(H,31,37)(H,32,36)/i4D3,5D3. The van der Waals surface area contributed by atoms with Gasteiger partial charge in [0.05, 0.1) is 23.6 Å². The average Bonchev–Trinajstić information content (AvgIpc) is 3.15. The van der Waals surface area contributed by atoms with Crippen molar-refractivity contribution in [3.8, 4) is 11.4 Å². The van der Waals surface area contributed by atoms with Crippen LogP contribution in [0.15, 0.2) is 53.3 Å². The quantitative estimate of drug-likeness (QED) is 0.347. The maximum Gasteiger partial charge on any atom is 0.295 e. The molecule has 0 unspecified atom stereocenters. The van der Waals surface area contributed by atoms with Crippen LogP contribution < -0.4 is 20.9 Å². The highest BCUT2D eigenvalue weighted by atomic mass is 35.5. The smallest absolute Gasteiger partial charge is 0.295 e. The van der Waals surface area contributed by atoms with Gasteiger partial charge in [-0.3, -0.25) is 19.1 Å². The molecule has 3 aromatic rings. The van der Waals surface area contributed by atoms with Gasteiger partial charge in [-0.05, 0) is 56.6 Å². The van der Waals surface area contributed by atoms with Gasteiger partial charge in [0, 0.05) is 46.2 Å². The van der Waals surface area contributed by atoms with Crippen molar-refractivity contribution in [3.63, 3.8) is 0 Å². The number of aromatic nitrogens is 2. The number of halogens is 1. The van der Waals surface area contributed by atoms with Gasteiger partial charge in [-0.2, -0.15) is 0 Å². The Kier molecular flexibility index (Phi) is 7.42. The van der Waals surface area contributed by atoms with Crippen molar-refractivity contribution in [2.24, 2.45) is 12.5 Å². The van der Waals surface area contributed by atoms with Crippen LogP contribution in [0.1, 0.15) is 51.5 Å². The van der Waals surface area contributed by atoms with E-state index in [1.807, 2.05) is 0 Å². The lowest BCUT2D eigenvalue weighted by atomic mass is 9.88. The summed E-state index contributed by atoms with van der Waals surface area (Å²) in [6, 6.07) is 13.3. The van der Waals surface area contributed by atoms with Crippen molar-refractivity contribution in [2.75, 3.05) is 39.0 Å². The molecule has 0 saturated carbocycles. The number of hydrogen-bond donors (Lipinski definition) is 2. The first-order valence-electron chi connectivity index (χ1n) is 15.5. The summed E-state index contributed by atoms with van der Waals surface area (Å²) in [5.41, 5.74) is -0.448. The maximum absolute atomic E-state index is 13.6. The number of likely N-dealkylation sites (N-methyl/N-ethyl adjacent to an activating group) is 1. The lowest BCUT2D eigenvalue weighted by Crippen LogP contribution is -2.37. The number of ether oxygens (including phenoxy) is 1. The zero-order valence-electron chi connectivity index (χ0n) is 28.5. The molecule has 2 amide bonds. The lowest BCUT2D eigenvalue weighted by Gasteiger charge is -2.24. The predicted molar refractivity (Wildman–Crippen MR) is 155 cm³/mol. The van der Waals surface area contributed by atoms with Crippen molar-refractivity contribution < 1.29 is 22.6 Å². The Morgan fingerprint density at radius 3 is 2.54 bits per heavy atom. The predicted octanol–water partition coefficient (Wildman–Crippen LogP) is 4.12. The molecule has 210 valence electrons. The van der Waals surface area contributed by atoms with E-state index in [2.05, 4.69) is 10.6 Å². The fraction of sp³-hybridized carbons (Fsp3) is 0.414. The van der Waals surface area contributed by atoms with Gasteiger partial charge >= 0.3 is 0 Å². The van der Waals surface area contributed by atoms with Crippen molar-refractivity contribution in [3.05, 3.63) is 75.2 Å². The second-order valence-electron chi connectivity index (χ2n) is 9.84. The van der Waals surface area contributed by atoms with Crippen LogP contribution in [0.5, 0.6) is 5.75 Å². The molecule has 0 bridgehead atoms. The molecule has 1 heterocycles. The number of carbonyl (C=O) groups excluding carboxylic acids is 2. The summed E-state index contributed by atoms with van der Waals surface area (Å²) in [5.74, 6) is -0.588. The molecular weight excluding hydrogens is 518 g/mol. The lowest BCUT2D eigenvalue weighted by molar-refractivity contribution is -0.118. The van der Waals surface area contributed by atoms with E-state index in [1.54, 1.807) is 70.3 Å². The molecule has 3 rings (SSSR count). The number of para-hydroxylation sites is 1. The third kappa shape index (κ3) is 7.74. The van der Waals surface area contributed by atoms with Gasteiger partial charge in [-0.25, -0.2) is 4.68 Å². The number of rotatable bonds is 12. The van der Waals surface area contributed by atoms with Crippen LogP contribution in [0, 0.1) is 5.41 Å². The fourth-order valence-corrected chi connectivity index (χ4v) is 4.37. The Bertz CT molecular complexity index is 1550. The Labute approximate surface area is 243 Å². The molecule has 2 N–H and O–H groups in total. The second-order valence-corrected chi connectivity index (χ2v) is 10.3. The van der Waals surface area contributed by atoms with Gasteiger partial charge in [0.25, 0.3) is 11.5 Å². The summed E-state index contributed by atoms with van der Waals surface area (Å²) in [6.45, 7) is -0.490. The van der Waals surface area contributed by atoms with E-state index in [0.717, 1.165) is 0 Å². The number of amides is 2. The normalized spacial score (nSPS) is 14.4. The third-order valence-electron chi connectivity index (χ3n) is 6.08. The second kappa shape index (κ2) is 13.0. The van der Waals surface area contributed by atoms with E-state index in [1.165, 1.54) is 15.4 Å². The average molecular weight is 562 g/mol. The summed E-state index contributed by atoms with van der Waals surface area (Å²) in [6.07, 6.45) is -0.268. The van der Waals surface area contributed by atoms with Gasteiger partial charge in [0.1, 0.15) is 11.4 Å². The number of carbonyl (C=O) groups is 2. The van der Waals surface area contributed by atoms with E-state index >= 15 is 0 Å². The van der Waals surface area contributed by atoms with Crippen LogP contribution in [0.4, 0.5) is 5.69 Å². The molecule has 0 radical (unpaired) electrons. The zero-order valence-corrected chi connectivity index (χ0v) is 23.3. The first kappa shape index (κ1) is 22.3. The molecule has 10 heteroatoms. The molecule has 0 atom stereocenters. The summed E-state index contributed by atoms with van der Waals surface area (Å²) in [7, 11) is 1.57. The number of nitrogens with one attached hydrogen (secondary N) is 2. The molecule has 1 aromatic heterocycles. The number of benzene rings is 2. The van der Waals surface area contributed by atoms with Crippen molar-refractivity contribution >= 4 is 29.1 Å². The summed E-state index contributed by atoms with van der Waals surface area (Å²) < 4.78 is 54.5. The molecule has 0 spiro atoms. The third-order valence-corrected chi connectivity index (χ3v) is 6.31. The summed E-state index contributed by atoms with van der Waals surface area (Å²) in [5, 5.41) is 5.85. The first-order valence-corrected chi connectivity index (χ1v) is 12.9. The highest BCUT2D eigenvalue weighted by Gasteiger charge is 2.27. The van der Waals surface area contributed by atoms with E-state index in [9.17, 15) is 14.4 Å².